The number of benzene rings is 1. The predicted molar refractivity (Wildman–Crippen MR) is 64.5 cm³/mol. The normalized spacial score (nSPS) is 14.6. The Hall–Kier alpha value is -1.09. The van der Waals surface area contributed by atoms with E-state index >= 15 is 0 Å². The van der Waals surface area contributed by atoms with Crippen LogP contribution in [0.1, 0.15) is 31.7 Å². The lowest BCUT2D eigenvalue weighted by atomic mass is 9.91. The number of nitrogens with one attached hydrogen (secondary N) is 1. The maximum absolute atomic E-state index is 13.5. The molecule has 3 heteroatoms. The molecule has 0 heterocycles. The summed E-state index contributed by atoms with van der Waals surface area (Å²) in [6, 6.07) is 5.53. The maximum Gasteiger partial charge on any atom is 0.165 e. The Morgan fingerprint density at radius 1 is 1.44 bits per heavy atom. The van der Waals surface area contributed by atoms with E-state index in [1.807, 2.05) is 13.1 Å². The van der Waals surface area contributed by atoms with Crippen molar-refractivity contribution in [2.75, 3.05) is 14.2 Å². The third-order valence-corrected chi connectivity index (χ3v) is 3.12. The number of rotatable bonds is 5. The molecule has 2 unspecified atom stereocenters. The fourth-order valence-corrected chi connectivity index (χ4v) is 2.01. The first-order chi connectivity index (χ1) is 7.63. The van der Waals surface area contributed by atoms with Crippen molar-refractivity contribution >= 4 is 0 Å². The van der Waals surface area contributed by atoms with Crippen LogP contribution in [0, 0.1) is 5.82 Å². The summed E-state index contributed by atoms with van der Waals surface area (Å²) >= 11 is 0. The molecule has 1 aromatic carbocycles. The molecule has 1 rings (SSSR count). The zero-order valence-corrected chi connectivity index (χ0v) is 10.4. The van der Waals surface area contributed by atoms with E-state index in [-0.39, 0.29) is 11.7 Å². The highest BCUT2D eigenvalue weighted by Crippen LogP contribution is 2.25. The van der Waals surface area contributed by atoms with Crippen LogP contribution in [0.4, 0.5) is 4.39 Å². The average molecular weight is 225 g/mol. The monoisotopic (exact) mass is 225 g/mol. The molecule has 0 radical (unpaired) electrons. The van der Waals surface area contributed by atoms with Crippen LogP contribution in [0.25, 0.3) is 0 Å². The molecule has 0 amide bonds. The molecule has 0 aliphatic heterocycles. The first-order valence-electron chi connectivity index (χ1n) is 5.64. The van der Waals surface area contributed by atoms with Gasteiger partial charge in [0.05, 0.1) is 7.11 Å². The topological polar surface area (TPSA) is 21.3 Å². The van der Waals surface area contributed by atoms with Gasteiger partial charge in [-0.3, -0.25) is 0 Å². The molecular weight excluding hydrogens is 205 g/mol. The molecule has 2 atom stereocenters. The van der Waals surface area contributed by atoms with Crippen LogP contribution < -0.4 is 10.1 Å². The maximum atomic E-state index is 13.5. The molecule has 1 aromatic rings. The minimum absolute atomic E-state index is 0.287. The van der Waals surface area contributed by atoms with Crippen molar-refractivity contribution in [1.29, 1.82) is 0 Å². The second-order valence-corrected chi connectivity index (χ2v) is 3.99. The second kappa shape index (κ2) is 5.85. The molecule has 0 aromatic heterocycles. The summed E-state index contributed by atoms with van der Waals surface area (Å²) in [6.07, 6.45) is 1.02. The second-order valence-electron chi connectivity index (χ2n) is 3.99. The summed E-state index contributed by atoms with van der Waals surface area (Å²) in [5.41, 5.74) is 1.000. The van der Waals surface area contributed by atoms with Crippen molar-refractivity contribution in [3.05, 3.63) is 29.6 Å². The van der Waals surface area contributed by atoms with Gasteiger partial charge in [-0.15, -0.1) is 0 Å². The van der Waals surface area contributed by atoms with Gasteiger partial charge in [-0.25, -0.2) is 4.39 Å². The lowest BCUT2D eigenvalue weighted by Gasteiger charge is -2.22. The van der Waals surface area contributed by atoms with Gasteiger partial charge in [0.15, 0.2) is 11.6 Å². The van der Waals surface area contributed by atoms with E-state index in [9.17, 15) is 4.39 Å². The van der Waals surface area contributed by atoms with Gasteiger partial charge >= 0.3 is 0 Å². The number of ether oxygens (including phenoxy) is 1. The van der Waals surface area contributed by atoms with Crippen molar-refractivity contribution in [1.82, 2.24) is 5.32 Å². The third-order valence-electron chi connectivity index (χ3n) is 3.12. The fourth-order valence-electron chi connectivity index (χ4n) is 2.01. The van der Waals surface area contributed by atoms with E-state index < -0.39 is 0 Å². The Balaban J connectivity index is 2.91. The van der Waals surface area contributed by atoms with Gasteiger partial charge in [-0.1, -0.05) is 19.9 Å². The van der Waals surface area contributed by atoms with Crippen molar-refractivity contribution < 1.29 is 9.13 Å². The van der Waals surface area contributed by atoms with Gasteiger partial charge < -0.3 is 10.1 Å². The van der Waals surface area contributed by atoms with Crippen molar-refractivity contribution in [3.8, 4) is 5.75 Å². The molecule has 0 saturated carbocycles. The smallest absolute Gasteiger partial charge is 0.165 e. The van der Waals surface area contributed by atoms with Crippen LogP contribution in [-0.4, -0.2) is 20.2 Å². The van der Waals surface area contributed by atoms with Crippen LogP contribution in [0.15, 0.2) is 18.2 Å². The molecule has 0 fully saturated rings. The van der Waals surface area contributed by atoms with Gasteiger partial charge in [0.1, 0.15) is 0 Å². The largest absolute Gasteiger partial charge is 0.494 e. The van der Waals surface area contributed by atoms with E-state index in [1.54, 1.807) is 12.1 Å². The minimum atomic E-state index is -0.294. The van der Waals surface area contributed by atoms with Crippen LogP contribution in [0.2, 0.25) is 0 Å². The van der Waals surface area contributed by atoms with Gasteiger partial charge in [0.2, 0.25) is 0 Å². The lowest BCUT2D eigenvalue weighted by Crippen LogP contribution is -2.29. The molecule has 0 aliphatic rings. The molecule has 0 aliphatic carbocycles. The minimum Gasteiger partial charge on any atom is -0.494 e. The van der Waals surface area contributed by atoms with E-state index in [1.165, 1.54) is 7.11 Å². The van der Waals surface area contributed by atoms with E-state index in [0.717, 1.165) is 12.0 Å². The SMILES string of the molecule is CCC(NC)C(C)c1ccc(OC)c(F)c1. The first kappa shape index (κ1) is 13.0. The Kier molecular flexibility index (Phi) is 4.74. The highest BCUT2D eigenvalue weighted by molar-refractivity contribution is 5.31. The van der Waals surface area contributed by atoms with Crippen LogP contribution in [-0.2, 0) is 0 Å². The highest BCUT2D eigenvalue weighted by Gasteiger charge is 2.16. The van der Waals surface area contributed by atoms with Crippen molar-refractivity contribution in [3.63, 3.8) is 0 Å². The van der Waals surface area contributed by atoms with E-state index in [4.69, 9.17) is 4.74 Å². The van der Waals surface area contributed by atoms with E-state index in [2.05, 4.69) is 19.2 Å². The van der Waals surface area contributed by atoms with Gasteiger partial charge in [0, 0.05) is 6.04 Å². The van der Waals surface area contributed by atoms with E-state index in [0.29, 0.717) is 11.8 Å². The van der Waals surface area contributed by atoms with Crippen molar-refractivity contribution in [2.24, 2.45) is 0 Å². The Morgan fingerprint density at radius 3 is 2.56 bits per heavy atom. The Bertz CT molecular complexity index is 337. The summed E-state index contributed by atoms with van der Waals surface area (Å²) in [4.78, 5) is 0. The number of halogens is 1. The molecular formula is C13H20FNO. The predicted octanol–water partition coefficient (Wildman–Crippen LogP) is 2.94. The van der Waals surface area contributed by atoms with Crippen LogP contribution >= 0.6 is 0 Å². The van der Waals surface area contributed by atoms with Gasteiger partial charge in [0.25, 0.3) is 0 Å². The van der Waals surface area contributed by atoms with Crippen LogP contribution in [0.5, 0.6) is 5.75 Å². The zero-order valence-electron chi connectivity index (χ0n) is 10.4. The highest BCUT2D eigenvalue weighted by atomic mass is 19.1. The number of methoxy groups -OCH3 is 1. The summed E-state index contributed by atoms with van der Waals surface area (Å²) in [6.45, 7) is 4.23. The zero-order chi connectivity index (χ0) is 12.1. The summed E-state index contributed by atoms with van der Waals surface area (Å²) in [5.74, 6) is 0.293. The molecule has 0 bridgehead atoms. The molecule has 1 N–H and O–H groups in total. The molecule has 2 nitrogen and oxygen atoms in total. The summed E-state index contributed by atoms with van der Waals surface area (Å²) < 4.78 is 18.4. The van der Waals surface area contributed by atoms with Gasteiger partial charge in [-0.2, -0.15) is 0 Å². The van der Waals surface area contributed by atoms with Crippen molar-refractivity contribution in [2.45, 2.75) is 32.2 Å². The average Bonchev–Trinajstić information content (AvgIpc) is 2.30. The molecule has 0 saturated heterocycles. The molecule has 16 heavy (non-hydrogen) atoms. The van der Waals surface area contributed by atoms with Crippen LogP contribution in [0.3, 0.4) is 0 Å². The summed E-state index contributed by atoms with van der Waals surface area (Å²) in [7, 11) is 3.41. The van der Waals surface area contributed by atoms with Gasteiger partial charge in [-0.05, 0) is 37.1 Å². The number of hydrogen-bond acceptors (Lipinski definition) is 2. The number of hydrogen-bond donors (Lipinski definition) is 1. The quantitative estimate of drug-likeness (QED) is 0.832. The Morgan fingerprint density at radius 2 is 2.12 bits per heavy atom. The lowest BCUT2D eigenvalue weighted by molar-refractivity contribution is 0.385. The molecule has 0 spiro atoms. The first-order valence-corrected chi connectivity index (χ1v) is 5.64. The molecule has 90 valence electrons. The number of likely N-dealkylation sites (N-methyl/N-ethyl adjacent to an activating group) is 1. The summed E-state index contributed by atoms with van der Waals surface area (Å²) in [5, 5.41) is 3.24. The Labute approximate surface area is 96.8 Å². The fraction of sp³-hybridized carbons (Fsp3) is 0.538. The third kappa shape index (κ3) is 2.73. The standard InChI is InChI=1S/C13H20FNO/c1-5-12(15-3)9(2)10-6-7-13(16-4)11(14)8-10/h6-9,12,15H,5H2,1-4H3.